The number of nitrogens with one attached hydrogen (secondary N) is 1. The summed E-state index contributed by atoms with van der Waals surface area (Å²) in [6.07, 6.45) is 1.06. The van der Waals surface area contributed by atoms with E-state index in [0.717, 1.165) is 13.0 Å². The Labute approximate surface area is 134 Å². The van der Waals surface area contributed by atoms with Gasteiger partial charge in [0.2, 0.25) is 0 Å². The molecule has 0 saturated carbocycles. The van der Waals surface area contributed by atoms with E-state index in [1.54, 1.807) is 0 Å². The molecule has 1 aromatic carbocycles. The van der Waals surface area contributed by atoms with Crippen molar-refractivity contribution in [2.24, 2.45) is 0 Å². The van der Waals surface area contributed by atoms with Crippen molar-refractivity contribution in [3.63, 3.8) is 0 Å². The maximum atomic E-state index is 3.71. The third-order valence-electron chi connectivity index (χ3n) is 3.55. The first-order chi connectivity index (χ1) is 10.3. The maximum absolute atomic E-state index is 3.71. The number of rotatable bonds is 6. The van der Waals surface area contributed by atoms with Crippen LogP contribution in [-0.2, 0) is 13.0 Å². The molecular formula is C18H19NS2. The van der Waals surface area contributed by atoms with Crippen molar-refractivity contribution in [3.05, 3.63) is 80.2 Å². The van der Waals surface area contributed by atoms with Crippen molar-refractivity contribution in [1.82, 2.24) is 5.32 Å². The number of aryl methyl sites for hydroxylation is 1. The fourth-order valence-corrected chi connectivity index (χ4v) is 3.89. The molecule has 0 fully saturated rings. The van der Waals surface area contributed by atoms with Gasteiger partial charge in [0.1, 0.15) is 0 Å². The molecule has 2 aromatic heterocycles. The third-order valence-corrected chi connectivity index (χ3v) is 5.43. The van der Waals surface area contributed by atoms with Gasteiger partial charge in [-0.3, -0.25) is 0 Å². The predicted molar refractivity (Wildman–Crippen MR) is 93.1 cm³/mol. The first kappa shape index (κ1) is 14.5. The summed E-state index contributed by atoms with van der Waals surface area (Å²) >= 11 is 3.67. The molecule has 21 heavy (non-hydrogen) atoms. The van der Waals surface area contributed by atoms with E-state index in [4.69, 9.17) is 0 Å². The minimum Gasteiger partial charge on any atom is -0.305 e. The lowest BCUT2D eigenvalue weighted by Gasteiger charge is -2.17. The van der Waals surface area contributed by atoms with Gasteiger partial charge >= 0.3 is 0 Å². The average molecular weight is 313 g/mol. The standard InChI is InChI=1S/C18H19NS2/c1-14-6-8-15(9-7-14)13-19-17(18-5-3-11-21-18)12-16-4-2-10-20-16/h2-11,17,19H,12-13H2,1H3. The quantitative estimate of drug-likeness (QED) is 0.660. The highest BCUT2D eigenvalue weighted by molar-refractivity contribution is 7.10. The van der Waals surface area contributed by atoms with Crippen LogP contribution in [0.1, 0.15) is 26.9 Å². The van der Waals surface area contributed by atoms with E-state index in [2.05, 4.69) is 71.5 Å². The van der Waals surface area contributed by atoms with E-state index in [0.29, 0.717) is 6.04 Å². The Morgan fingerprint density at radius 3 is 2.38 bits per heavy atom. The minimum atomic E-state index is 0.393. The summed E-state index contributed by atoms with van der Waals surface area (Å²) in [7, 11) is 0. The molecule has 1 N–H and O–H groups in total. The van der Waals surface area contributed by atoms with Crippen molar-refractivity contribution in [1.29, 1.82) is 0 Å². The molecule has 1 unspecified atom stereocenters. The van der Waals surface area contributed by atoms with E-state index in [9.17, 15) is 0 Å². The molecule has 0 aliphatic carbocycles. The summed E-state index contributed by atoms with van der Waals surface area (Å²) in [5.41, 5.74) is 2.65. The zero-order chi connectivity index (χ0) is 14.5. The van der Waals surface area contributed by atoms with E-state index in [1.807, 2.05) is 22.7 Å². The highest BCUT2D eigenvalue weighted by atomic mass is 32.1. The molecule has 1 atom stereocenters. The Kier molecular flexibility index (Phi) is 4.86. The van der Waals surface area contributed by atoms with Gasteiger partial charge in [-0.25, -0.2) is 0 Å². The molecule has 0 bridgehead atoms. The first-order valence-corrected chi connectivity index (χ1v) is 8.92. The fourth-order valence-electron chi connectivity index (χ4n) is 2.34. The van der Waals surface area contributed by atoms with Crippen LogP contribution >= 0.6 is 22.7 Å². The summed E-state index contributed by atoms with van der Waals surface area (Å²) in [5.74, 6) is 0. The van der Waals surface area contributed by atoms with Gasteiger partial charge in [0.15, 0.2) is 0 Å². The molecule has 0 saturated heterocycles. The van der Waals surface area contributed by atoms with Gasteiger partial charge < -0.3 is 5.32 Å². The monoisotopic (exact) mass is 313 g/mol. The molecule has 3 aromatic rings. The SMILES string of the molecule is Cc1ccc(CNC(Cc2cccs2)c2cccs2)cc1. The van der Waals surface area contributed by atoms with Crippen molar-refractivity contribution >= 4 is 22.7 Å². The van der Waals surface area contributed by atoms with Gasteiger partial charge in [0.25, 0.3) is 0 Å². The molecule has 0 spiro atoms. The predicted octanol–water partition coefficient (Wildman–Crippen LogP) is 5.19. The molecule has 0 amide bonds. The lowest BCUT2D eigenvalue weighted by Crippen LogP contribution is -2.21. The summed E-state index contributed by atoms with van der Waals surface area (Å²) in [6.45, 7) is 3.04. The normalized spacial score (nSPS) is 12.4. The summed E-state index contributed by atoms with van der Waals surface area (Å²) in [4.78, 5) is 2.85. The van der Waals surface area contributed by atoms with E-state index in [-0.39, 0.29) is 0 Å². The molecule has 3 heteroatoms. The van der Waals surface area contributed by atoms with Gasteiger partial charge in [0.05, 0.1) is 0 Å². The number of benzene rings is 1. The molecule has 2 heterocycles. The second kappa shape index (κ2) is 7.03. The van der Waals surface area contributed by atoms with Crippen molar-refractivity contribution in [2.45, 2.75) is 25.9 Å². The molecule has 1 nitrogen and oxygen atoms in total. The highest BCUT2D eigenvalue weighted by Gasteiger charge is 2.13. The van der Waals surface area contributed by atoms with E-state index < -0.39 is 0 Å². The Balaban J connectivity index is 1.69. The van der Waals surface area contributed by atoms with Crippen LogP contribution in [0.25, 0.3) is 0 Å². The summed E-state index contributed by atoms with van der Waals surface area (Å²) < 4.78 is 0. The lowest BCUT2D eigenvalue weighted by molar-refractivity contribution is 0.541. The van der Waals surface area contributed by atoms with Crippen molar-refractivity contribution in [2.75, 3.05) is 0 Å². The highest BCUT2D eigenvalue weighted by Crippen LogP contribution is 2.25. The van der Waals surface area contributed by atoms with E-state index >= 15 is 0 Å². The summed E-state index contributed by atoms with van der Waals surface area (Å²) in [6, 6.07) is 17.9. The van der Waals surface area contributed by atoms with Crippen LogP contribution < -0.4 is 5.32 Å². The first-order valence-electron chi connectivity index (χ1n) is 7.16. The second-order valence-electron chi connectivity index (χ2n) is 5.22. The molecule has 0 aliphatic heterocycles. The van der Waals surface area contributed by atoms with Gasteiger partial charge in [-0.2, -0.15) is 0 Å². The van der Waals surface area contributed by atoms with Gasteiger partial charge in [-0.1, -0.05) is 42.0 Å². The van der Waals surface area contributed by atoms with Gasteiger partial charge in [-0.15, -0.1) is 22.7 Å². The Hall–Kier alpha value is -1.42. The smallest absolute Gasteiger partial charge is 0.0466 e. The van der Waals surface area contributed by atoms with Crippen LogP contribution in [0.4, 0.5) is 0 Å². The molecule has 0 radical (unpaired) electrons. The number of hydrogen-bond acceptors (Lipinski definition) is 3. The second-order valence-corrected chi connectivity index (χ2v) is 7.23. The topological polar surface area (TPSA) is 12.0 Å². The maximum Gasteiger partial charge on any atom is 0.0466 e. The van der Waals surface area contributed by atoms with Gasteiger partial charge in [0, 0.05) is 28.8 Å². The van der Waals surface area contributed by atoms with Crippen LogP contribution in [0.15, 0.2) is 59.3 Å². The zero-order valence-electron chi connectivity index (χ0n) is 12.1. The van der Waals surface area contributed by atoms with E-state index in [1.165, 1.54) is 20.9 Å². The number of thiophene rings is 2. The van der Waals surface area contributed by atoms with Crippen LogP contribution in [0.3, 0.4) is 0 Å². The van der Waals surface area contributed by atoms with Crippen LogP contribution in [0.5, 0.6) is 0 Å². The Bertz CT molecular complexity index is 639. The van der Waals surface area contributed by atoms with Crippen molar-refractivity contribution < 1.29 is 0 Å². The molecule has 3 rings (SSSR count). The van der Waals surface area contributed by atoms with Crippen molar-refractivity contribution in [3.8, 4) is 0 Å². The zero-order valence-corrected chi connectivity index (χ0v) is 13.7. The number of hydrogen-bond donors (Lipinski definition) is 1. The Morgan fingerprint density at radius 2 is 1.71 bits per heavy atom. The third kappa shape index (κ3) is 4.03. The molecule has 0 aliphatic rings. The summed E-state index contributed by atoms with van der Waals surface area (Å²) in [5, 5.41) is 8.02. The molecule has 108 valence electrons. The average Bonchev–Trinajstić information content (AvgIpc) is 3.18. The largest absolute Gasteiger partial charge is 0.305 e. The van der Waals surface area contributed by atoms with Crippen LogP contribution in [0, 0.1) is 6.92 Å². The fraction of sp³-hybridized carbons (Fsp3) is 0.222. The van der Waals surface area contributed by atoms with Crippen LogP contribution in [0.2, 0.25) is 0 Å². The van der Waals surface area contributed by atoms with Crippen LogP contribution in [-0.4, -0.2) is 0 Å². The minimum absolute atomic E-state index is 0.393. The lowest BCUT2D eigenvalue weighted by atomic mass is 10.1. The Morgan fingerprint density at radius 1 is 0.952 bits per heavy atom. The molecular weight excluding hydrogens is 294 g/mol. The van der Waals surface area contributed by atoms with Gasteiger partial charge in [-0.05, 0) is 35.4 Å².